The van der Waals surface area contributed by atoms with Gasteiger partial charge in [-0.3, -0.25) is 9.59 Å². The molecular weight excluding hydrogens is 384 g/mol. The minimum absolute atomic E-state index is 0.115. The Hall–Kier alpha value is -3.10. The molecule has 8 nitrogen and oxygen atoms in total. The fourth-order valence-corrected chi connectivity index (χ4v) is 2.64. The van der Waals surface area contributed by atoms with Crippen molar-refractivity contribution < 1.29 is 19.8 Å². The molecule has 0 aliphatic heterocycles. The second-order valence-corrected chi connectivity index (χ2v) is 7.13. The van der Waals surface area contributed by atoms with Crippen LogP contribution in [0, 0.1) is 0 Å². The molecule has 1 aliphatic carbocycles. The molecule has 0 saturated heterocycles. The number of hydrogen-bond donors (Lipinski definition) is 6. The maximum absolute atomic E-state index is 10.5. The summed E-state index contributed by atoms with van der Waals surface area (Å²) in [5.74, 6) is 0.157. The first-order chi connectivity index (χ1) is 14.2. The standard InChI is InChI=1S/2C8H9NO2.C6H14N2/c2*1-6(10)9-7-2-4-8(11)5-3-7;7-5-1-2-6(8)4-3-5/h2*2-5,11H,1H3,(H,9,10);5-6H,1-4,7-8H2. The summed E-state index contributed by atoms with van der Waals surface area (Å²) in [5, 5.41) is 22.9. The number of amides is 2. The number of carbonyl (C=O) groups excluding carboxylic acids is 2. The van der Waals surface area contributed by atoms with Gasteiger partial charge in [-0.15, -0.1) is 0 Å². The van der Waals surface area contributed by atoms with Gasteiger partial charge in [-0.2, -0.15) is 0 Å². The number of anilines is 2. The van der Waals surface area contributed by atoms with Crippen molar-refractivity contribution in [3.05, 3.63) is 48.5 Å². The second-order valence-electron chi connectivity index (χ2n) is 7.13. The molecule has 0 aromatic heterocycles. The number of aromatic hydroxyl groups is 2. The summed E-state index contributed by atoms with van der Waals surface area (Å²) in [6.45, 7) is 2.87. The topological polar surface area (TPSA) is 151 Å². The average molecular weight is 417 g/mol. The molecule has 0 spiro atoms. The SMILES string of the molecule is CC(=O)Nc1ccc(O)cc1.CC(=O)Nc1ccc(O)cc1.NC1CCC(N)CC1. The van der Waals surface area contributed by atoms with Crippen LogP contribution in [0.2, 0.25) is 0 Å². The lowest BCUT2D eigenvalue weighted by Gasteiger charge is -2.22. The molecule has 0 bridgehead atoms. The molecule has 164 valence electrons. The van der Waals surface area contributed by atoms with Gasteiger partial charge in [0.25, 0.3) is 0 Å². The van der Waals surface area contributed by atoms with Gasteiger partial charge in [0.1, 0.15) is 11.5 Å². The van der Waals surface area contributed by atoms with Crippen molar-refractivity contribution in [1.82, 2.24) is 0 Å². The maximum atomic E-state index is 10.5. The Bertz CT molecular complexity index is 703. The van der Waals surface area contributed by atoms with E-state index in [0.717, 1.165) is 25.7 Å². The van der Waals surface area contributed by atoms with Crippen molar-refractivity contribution in [1.29, 1.82) is 0 Å². The molecule has 3 rings (SSSR count). The smallest absolute Gasteiger partial charge is 0.221 e. The number of hydrogen-bond acceptors (Lipinski definition) is 6. The average Bonchev–Trinajstić information content (AvgIpc) is 2.68. The number of rotatable bonds is 2. The number of nitrogens with two attached hydrogens (primary N) is 2. The van der Waals surface area contributed by atoms with Gasteiger partial charge in [0.05, 0.1) is 0 Å². The minimum atomic E-state index is -0.115. The lowest BCUT2D eigenvalue weighted by molar-refractivity contribution is -0.115. The molecule has 8 heteroatoms. The Labute approximate surface area is 177 Å². The van der Waals surface area contributed by atoms with Gasteiger partial charge in [0.15, 0.2) is 0 Å². The van der Waals surface area contributed by atoms with Crippen molar-refractivity contribution in [2.24, 2.45) is 11.5 Å². The zero-order valence-corrected chi connectivity index (χ0v) is 17.5. The van der Waals surface area contributed by atoms with Crippen LogP contribution in [0.15, 0.2) is 48.5 Å². The van der Waals surface area contributed by atoms with E-state index in [4.69, 9.17) is 21.7 Å². The Balaban J connectivity index is 0.000000228. The Morgan fingerprint density at radius 3 is 1.20 bits per heavy atom. The van der Waals surface area contributed by atoms with Gasteiger partial charge in [-0.25, -0.2) is 0 Å². The van der Waals surface area contributed by atoms with E-state index in [2.05, 4.69) is 10.6 Å². The van der Waals surface area contributed by atoms with E-state index in [1.54, 1.807) is 24.3 Å². The summed E-state index contributed by atoms with van der Waals surface area (Å²) in [5.41, 5.74) is 12.7. The molecule has 30 heavy (non-hydrogen) atoms. The Morgan fingerprint density at radius 1 is 0.700 bits per heavy atom. The predicted octanol–water partition coefficient (Wildman–Crippen LogP) is 2.92. The number of nitrogens with one attached hydrogen (secondary N) is 2. The van der Waals surface area contributed by atoms with E-state index in [-0.39, 0.29) is 23.3 Å². The zero-order chi connectivity index (χ0) is 22.5. The molecule has 0 unspecified atom stereocenters. The third-order valence-corrected chi connectivity index (χ3v) is 4.19. The Morgan fingerprint density at radius 2 is 0.967 bits per heavy atom. The molecule has 1 saturated carbocycles. The molecule has 8 N–H and O–H groups in total. The highest BCUT2D eigenvalue weighted by Crippen LogP contribution is 2.15. The van der Waals surface area contributed by atoms with Crippen molar-refractivity contribution >= 4 is 23.2 Å². The van der Waals surface area contributed by atoms with Crippen molar-refractivity contribution in [3.63, 3.8) is 0 Å². The van der Waals surface area contributed by atoms with E-state index in [1.165, 1.54) is 38.1 Å². The highest BCUT2D eigenvalue weighted by Gasteiger charge is 2.13. The molecule has 2 amide bonds. The number of phenols is 2. The van der Waals surface area contributed by atoms with Crippen LogP contribution in [-0.4, -0.2) is 34.1 Å². The van der Waals surface area contributed by atoms with Gasteiger partial charge in [0.2, 0.25) is 11.8 Å². The van der Waals surface area contributed by atoms with Gasteiger partial charge in [-0.05, 0) is 74.2 Å². The normalized spacial score (nSPS) is 17.3. The second kappa shape index (κ2) is 13.2. The first-order valence-electron chi connectivity index (χ1n) is 9.80. The molecule has 0 heterocycles. The third kappa shape index (κ3) is 11.7. The summed E-state index contributed by atoms with van der Waals surface area (Å²) in [4.78, 5) is 21.0. The van der Waals surface area contributed by atoms with Crippen molar-refractivity contribution in [3.8, 4) is 11.5 Å². The number of phenolic OH excluding ortho intramolecular Hbond substituents is 2. The van der Waals surface area contributed by atoms with Crippen LogP contribution < -0.4 is 22.1 Å². The number of benzene rings is 2. The zero-order valence-electron chi connectivity index (χ0n) is 17.5. The third-order valence-electron chi connectivity index (χ3n) is 4.19. The first-order valence-corrected chi connectivity index (χ1v) is 9.80. The van der Waals surface area contributed by atoms with Crippen LogP contribution >= 0.6 is 0 Å². The van der Waals surface area contributed by atoms with E-state index < -0.39 is 0 Å². The fourth-order valence-electron chi connectivity index (χ4n) is 2.64. The van der Waals surface area contributed by atoms with Gasteiger partial charge in [0, 0.05) is 37.3 Å². The fraction of sp³-hybridized carbons (Fsp3) is 0.364. The van der Waals surface area contributed by atoms with Gasteiger partial charge >= 0.3 is 0 Å². The summed E-state index contributed by atoms with van der Waals surface area (Å²) < 4.78 is 0. The number of carbonyl (C=O) groups is 2. The van der Waals surface area contributed by atoms with E-state index in [9.17, 15) is 9.59 Å². The van der Waals surface area contributed by atoms with Crippen LogP contribution in [0.25, 0.3) is 0 Å². The molecular formula is C22H32N4O4. The molecule has 0 radical (unpaired) electrons. The van der Waals surface area contributed by atoms with Gasteiger partial charge < -0.3 is 32.3 Å². The van der Waals surface area contributed by atoms with Crippen molar-refractivity contribution in [2.45, 2.75) is 51.6 Å². The lowest BCUT2D eigenvalue weighted by atomic mass is 9.93. The van der Waals surface area contributed by atoms with Crippen LogP contribution in [0.3, 0.4) is 0 Å². The molecule has 2 aromatic carbocycles. The van der Waals surface area contributed by atoms with Crippen LogP contribution in [0.4, 0.5) is 11.4 Å². The molecule has 2 aromatic rings. The minimum Gasteiger partial charge on any atom is -0.508 e. The highest BCUT2D eigenvalue weighted by atomic mass is 16.3. The lowest BCUT2D eigenvalue weighted by Crippen LogP contribution is -2.33. The molecule has 0 atom stereocenters. The summed E-state index contributed by atoms with van der Waals surface area (Å²) in [6.07, 6.45) is 4.50. The molecule has 1 aliphatic rings. The summed E-state index contributed by atoms with van der Waals surface area (Å²) in [6, 6.07) is 13.5. The van der Waals surface area contributed by atoms with E-state index in [1.807, 2.05) is 0 Å². The molecule has 1 fully saturated rings. The maximum Gasteiger partial charge on any atom is 0.221 e. The Kier molecular flexibility index (Phi) is 11.0. The van der Waals surface area contributed by atoms with Crippen LogP contribution in [0.5, 0.6) is 11.5 Å². The monoisotopic (exact) mass is 416 g/mol. The quantitative estimate of drug-likeness (QED) is 0.414. The van der Waals surface area contributed by atoms with E-state index in [0.29, 0.717) is 23.5 Å². The van der Waals surface area contributed by atoms with Crippen LogP contribution in [-0.2, 0) is 9.59 Å². The van der Waals surface area contributed by atoms with Crippen molar-refractivity contribution in [2.75, 3.05) is 10.6 Å². The largest absolute Gasteiger partial charge is 0.508 e. The summed E-state index contributed by atoms with van der Waals surface area (Å²) >= 11 is 0. The predicted molar refractivity (Wildman–Crippen MR) is 119 cm³/mol. The highest BCUT2D eigenvalue weighted by molar-refractivity contribution is 5.89. The summed E-state index contributed by atoms with van der Waals surface area (Å²) in [7, 11) is 0. The van der Waals surface area contributed by atoms with E-state index >= 15 is 0 Å². The first kappa shape index (κ1) is 24.9. The van der Waals surface area contributed by atoms with Crippen LogP contribution in [0.1, 0.15) is 39.5 Å². The van der Waals surface area contributed by atoms with Gasteiger partial charge in [-0.1, -0.05) is 0 Å².